The van der Waals surface area contributed by atoms with Crippen molar-refractivity contribution >= 4 is 38.7 Å². The first-order chi connectivity index (χ1) is 14.8. The number of nitrogens with zero attached hydrogens (tertiary/aromatic N) is 2. The Hall–Kier alpha value is -3.43. The lowest BCUT2D eigenvalue weighted by atomic mass is 10.1. The van der Waals surface area contributed by atoms with Crippen LogP contribution in [0.15, 0.2) is 119 Å². The molecule has 0 unspecified atom stereocenters. The molecule has 2 nitrogen and oxygen atoms in total. The minimum absolute atomic E-state index is 0.925. The van der Waals surface area contributed by atoms with Gasteiger partial charge in [-0.3, -0.25) is 4.99 Å². The number of halogens is 1. The molecule has 0 saturated carbocycles. The quantitative estimate of drug-likeness (QED) is 0.248. The smallest absolute Gasteiger partial charge is 0.0630 e. The van der Waals surface area contributed by atoms with Gasteiger partial charge in [0, 0.05) is 27.3 Å². The van der Waals surface area contributed by atoms with Crippen LogP contribution >= 0.6 is 15.9 Å². The molecule has 0 spiro atoms. The van der Waals surface area contributed by atoms with Gasteiger partial charge in [-0.1, -0.05) is 82.7 Å². The molecule has 1 heterocycles. The highest BCUT2D eigenvalue weighted by Crippen LogP contribution is 2.35. The van der Waals surface area contributed by atoms with Crippen LogP contribution in [0.3, 0.4) is 0 Å². The maximum absolute atomic E-state index is 4.80. The van der Waals surface area contributed by atoms with Gasteiger partial charge in [0.1, 0.15) is 0 Å². The Morgan fingerprint density at radius 3 is 2.03 bits per heavy atom. The normalized spacial score (nSPS) is 11.4. The second kappa shape index (κ2) is 8.13. The predicted octanol–water partition coefficient (Wildman–Crippen LogP) is 7.81. The first kappa shape index (κ1) is 18.6. The van der Waals surface area contributed by atoms with Crippen molar-refractivity contribution in [3.8, 4) is 16.9 Å². The number of rotatable bonds is 4. The number of hydrogen-bond donors (Lipinski definition) is 0. The van der Waals surface area contributed by atoms with E-state index < -0.39 is 0 Å². The Bertz CT molecular complexity index is 1320. The summed E-state index contributed by atoms with van der Waals surface area (Å²) < 4.78 is 3.38. The van der Waals surface area contributed by atoms with Crippen LogP contribution in [0.2, 0.25) is 0 Å². The number of benzene rings is 4. The summed E-state index contributed by atoms with van der Waals surface area (Å²) in [5.41, 5.74) is 6.65. The van der Waals surface area contributed by atoms with Gasteiger partial charge >= 0.3 is 0 Å². The van der Waals surface area contributed by atoms with Gasteiger partial charge in [0.15, 0.2) is 0 Å². The van der Waals surface area contributed by atoms with Crippen LogP contribution in [0, 0.1) is 0 Å². The molecule has 0 fully saturated rings. The van der Waals surface area contributed by atoms with E-state index in [9.17, 15) is 0 Å². The molecule has 0 radical (unpaired) electrons. The van der Waals surface area contributed by atoms with E-state index in [1.54, 1.807) is 0 Å². The molecule has 0 atom stereocenters. The van der Waals surface area contributed by atoms with Gasteiger partial charge in [0.05, 0.1) is 16.9 Å². The zero-order valence-electron chi connectivity index (χ0n) is 16.2. The maximum atomic E-state index is 4.80. The monoisotopic (exact) mass is 450 g/mol. The first-order valence-corrected chi connectivity index (χ1v) is 10.6. The third kappa shape index (κ3) is 3.49. The zero-order valence-corrected chi connectivity index (χ0v) is 17.8. The molecule has 30 heavy (non-hydrogen) atoms. The van der Waals surface area contributed by atoms with Crippen LogP contribution in [0.25, 0.3) is 27.8 Å². The lowest BCUT2D eigenvalue weighted by Gasteiger charge is -2.12. The summed E-state index contributed by atoms with van der Waals surface area (Å²) in [6, 6.07) is 37.6. The molecular formula is C27H19BrN2. The standard InChI is InChI=1S/C27H19BrN2/c28-21-15-17-22(18-16-21)29-19-25-24-13-7-8-14-26(24)30(23-11-5-2-6-12-23)27(25)20-9-3-1-4-10-20/h1-19H. The molecule has 3 heteroatoms. The molecule has 0 N–H and O–H groups in total. The molecule has 0 amide bonds. The van der Waals surface area contributed by atoms with Crippen molar-refractivity contribution in [3.63, 3.8) is 0 Å². The summed E-state index contributed by atoms with van der Waals surface area (Å²) in [6.45, 7) is 0. The fourth-order valence-corrected chi connectivity index (χ4v) is 4.05. The molecule has 0 aliphatic rings. The van der Waals surface area contributed by atoms with Gasteiger partial charge in [0.2, 0.25) is 0 Å². The Balaban J connectivity index is 1.80. The largest absolute Gasteiger partial charge is 0.309 e. The summed E-state index contributed by atoms with van der Waals surface area (Å²) in [5, 5.41) is 1.18. The van der Waals surface area contributed by atoms with Crippen LogP contribution in [0.4, 0.5) is 5.69 Å². The third-order valence-electron chi connectivity index (χ3n) is 5.14. The molecule has 0 aliphatic carbocycles. The molecular weight excluding hydrogens is 432 g/mol. The van der Waals surface area contributed by atoms with E-state index in [1.165, 1.54) is 10.9 Å². The fraction of sp³-hybridized carbons (Fsp3) is 0. The van der Waals surface area contributed by atoms with Crippen LogP contribution in [0.5, 0.6) is 0 Å². The van der Waals surface area contributed by atoms with E-state index in [0.717, 1.165) is 32.7 Å². The van der Waals surface area contributed by atoms with Crippen LogP contribution < -0.4 is 0 Å². The minimum atomic E-state index is 0.925. The van der Waals surface area contributed by atoms with Crippen molar-refractivity contribution < 1.29 is 0 Å². The Labute approximate surface area is 184 Å². The van der Waals surface area contributed by atoms with Gasteiger partial charge in [-0.05, 0) is 48.0 Å². The summed E-state index contributed by atoms with van der Waals surface area (Å²) >= 11 is 3.49. The second-order valence-corrected chi connectivity index (χ2v) is 7.97. The number of hydrogen-bond acceptors (Lipinski definition) is 1. The Morgan fingerprint density at radius 2 is 1.30 bits per heavy atom. The topological polar surface area (TPSA) is 17.3 Å². The molecule has 144 valence electrons. The van der Waals surface area contributed by atoms with Gasteiger partial charge < -0.3 is 4.57 Å². The maximum Gasteiger partial charge on any atom is 0.0630 e. The highest BCUT2D eigenvalue weighted by molar-refractivity contribution is 9.10. The number of fused-ring (bicyclic) bond motifs is 1. The van der Waals surface area contributed by atoms with Gasteiger partial charge in [-0.2, -0.15) is 0 Å². The lowest BCUT2D eigenvalue weighted by Crippen LogP contribution is -1.98. The number of aromatic nitrogens is 1. The summed E-state index contributed by atoms with van der Waals surface area (Å²) in [6.07, 6.45) is 1.99. The number of para-hydroxylation sites is 2. The summed E-state index contributed by atoms with van der Waals surface area (Å²) in [7, 11) is 0. The lowest BCUT2D eigenvalue weighted by molar-refractivity contribution is 1.13. The third-order valence-corrected chi connectivity index (χ3v) is 5.67. The second-order valence-electron chi connectivity index (χ2n) is 7.05. The summed E-state index contributed by atoms with van der Waals surface area (Å²) in [5.74, 6) is 0. The molecule has 0 saturated heterocycles. The molecule has 4 aromatic carbocycles. The minimum Gasteiger partial charge on any atom is -0.309 e. The van der Waals surface area contributed by atoms with Gasteiger partial charge in [-0.25, -0.2) is 0 Å². The van der Waals surface area contributed by atoms with Crippen molar-refractivity contribution in [2.75, 3.05) is 0 Å². The van der Waals surface area contributed by atoms with Crippen molar-refractivity contribution in [3.05, 3.63) is 119 Å². The van der Waals surface area contributed by atoms with Crippen molar-refractivity contribution in [2.24, 2.45) is 4.99 Å². The predicted molar refractivity (Wildman–Crippen MR) is 130 cm³/mol. The molecule has 0 bridgehead atoms. The highest BCUT2D eigenvalue weighted by atomic mass is 79.9. The fourth-order valence-electron chi connectivity index (χ4n) is 3.79. The van der Waals surface area contributed by atoms with Crippen LogP contribution in [-0.4, -0.2) is 10.8 Å². The van der Waals surface area contributed by atoms with Crippen molar-refractivity contribution in [2.45, 2.75) is 0 Å². The molecule has 5 aromatic rings. The SMILES string of the molecule is Brc1ccc(N=Cc2c(-c3ccccc3)n(-c3ccccc3)c3ccccc23)cc1. The Kier molecular flexibility index (Phi) is 5.04. The van der Waals surface area contributed by atoms with E-state index in [4.69, 9.17) is 4.99 Å². The summed E-state index contributed by atoms with van der Waals surface area (Å²) in [4.78, 5) is 4.80. The van der Waals surface area contributed by atoms with E-state index >= 15 is 0 Å². The molecule has 1 aromatic heterocycles. The molecule has 5 rings (SSSR count). The van der Waals surface area contributed by atoms with Crippen LogP contribution in [-0.2, 0) is 0 Å². The average Bonchev–Trinajstić information content (AvgIpc) is 3.14. The van der Waals surface area contributed by atoms with Crippen molar-refractivity contribution in [1.82, 2.24) is 4.57 Å². The highest BCUT2D eigenvalue weighted by Gasteiger charge is 2.18. The zero-order chi connectivity index (χ0) is 20.3. The van der Waals surface area contributed by atoms with E-state index in [2.05, 4.69) is 99.4 Å². The van der Waals surface area contributed by atoms with Crippen molar-refractivity contribution in [1.29, 1.82) is 0 Å². The molecule has 0 aliphatic heterocycles. The first-order valence-electron chi connectivity index (χ1n) is 9.85. The van der Waals surface area contributed by atoms with E-state index in [-0.39, 0.29) is 0 Å². The Morgan fingerprint density at radius 1 is 0.667 bits per heavy atom. The van der Waals surface area contributed by atoms with Crippen LogP contribution in [0.1, 0.15) is 5.56 Å². The van der Waals surface area contributed by atoms with E-state index in [0.29, 0.717) is 0 Å². The van der Waals surface area contributed by atoms with Gasteiger partial charge in [0.25, 0.3) is 0 Å². The number of aliphatic imine (C=N–C) groups is 1. The average molecular weight is 451 g/mol. The van der Waals surface area contributed by atoms with Gasteiger partial charge in [-0.15, -0.1) is 0 Å². The van der Waals surface area contributed by atoms with E-state index in [1.807, 2.05) is 36.5 Å².